The lowest BCUT2D eigenvalue weighted by molar-refractivity contribution is -0.118. The van der Waals surface area contributed by atoms with E-state index in [0.717, 1.165) is 16.8 Å². The predicted octanol–water partition coefficient (Wildman–Crippen LogP) is 5.73. The fourth-order valence-corrected chi connectivity index (χ4v) is 2.99. The third kappa shape index (κ3) is 5.84. The van der Waals surface area contributed by atoms with Gasteiger partial charge in [-0.3, -0.25) is 9.79 Å². The number of methoxy groups -OCH3 is 1. The zero-order valence-corrected chi connectivity index (χ0v) is 17.9. The molecule has 0 aliphatic carbocycles. The van der Waals surface area contributed by atoms with Crippen LogP contribution in [0.1, 0.15) is 16.7 Å². The van der Waals surface area contributed by atoms with E-state index in [2.05, 4.69) is 10.3 Å². The summed E-state index contributed by atoms with van der Waals surface area (Å²) in [4.78, 5) is 16.6. The highest BCUT2D eigenvalue weighted by molar-refractivity contribution is 6.32. The molecule has 0 fully saturated rings. The van der Waals surface area contributed by atoms with Crippen molar-refractivity contribution >= 4 is 35.1 Å². The van der Waals surface area contributed by atoms with E-state index in [0.29, 0.717) is 22.2 Å². The molecule has 0 atom stereocenters. The van der Waals surface area contributed by atoms with Gasteiger partial charge in [0, 0.05) is 11.9 Å². The first-order valence-corrected chi connectivity index (χ1v) is 9.80. The third-order valence-electron chi connectivity index (χ3n) is 4.52. The molecule has 0 radical (unpaired) electrons. The Morgan fingerprint density at radius 3 is 2.63 bits per heavy atom. The monoisotopic (exact) mass is 422 g/mol. The number of nitrogens with zero attached hydrogens (tertiary/aromatic N) is 1. The Labute approximate surface area is 181 Å². The number of aliphatic imine (C=N–C) groups is 1. The van der Waals surface area contributed by atoms with E-state index in [1.54, 1.807) is 31.5 Å². The van der Waals surface area contributed by atoms with Crippen molar-refractivity contribution in [3.8, 4) is 11.5 Å². The summed E-state index contributed by atoms with van der Waals surface area (Å²) < 4.78 is 10.8. The second kappa shape index (κ2) is 9.94. The van der Waals surface area contributed by atoms with Crippen molar-refractivity contribution in [2.75, 3.05) is 19.0 Å². The zero-order valence-electron chi connectivity index (χ0n) is 17.1. The summed E-state index contributed by atoms with van der Waals surface area (Å²) in [6, 6.07) is 18.5. The van der Waals surface area contributed by atoms with Crippen LogP contribution < -0.4 is 14.8 Å². The number of nitrogens with one attached hydrogen (secondary N) is 1. The average Bonchev–Trinajstić information content (AvgIpc) is 2.74. The van der Waals surface area contributed by atoms with Crippen LogP contribution in [0.4, 0.5) is 11.4 Å². The van der Waals surface area contributed by atoms with Crippen LogP contribution in [0.15, 0.2) is 65.7 Å². The molecule has 0 spiro atoms. The molecule has 0 aliphatic heterocycles. The lowest BCUT2D eigenvalue weighted by atomic mass is 10.1. The fourth-order valence-electron chi connectivity index (χ4n) is 2.73. The van der Waals surface area contributed by atoms with Gasteiger partial charge in [0.15, 0.2) is 6.61 Å². The molecule has 0 saturated carbocycles. The predicted molar refractivity (Wildman–Crippen MR) is 122 cm³/mol. The largest absolute Gasteiger partial charge is 0.495 e. The Hall–Kier alpha value is -3.31. The van der Waals surface area contributed by atoms with E-state index in [9.17, 15) is 4.79 Å². The summed E-state index contributed by atoms with van der Waals surface area (Å²) in [6.07, 6.45) is 1.71. The molecule has 1 N–H and O–H groups in total. The van der Waals surface area contributed by atoms with E-state index >= 15 is 0 Å². The first-order valence-electron chi connectivity index (χ1n) is 9.42. The summed E-state index contributed by atoms with van der Waals surface area (Å²) in [5.41, 5.74) is 4.61. The smallest absolute Gasteiger partial charge is 0.262 e. The molecule has 5 nitrogen and oxygen atoms in total. The molecule has 154 valence electrons. The van der Waals surface area contributed by atoms with Gasteiger partial charge in [0.2, 0.25) is 0 Å². The standard InChI is InChI=1S/C24H23ClN2O3/c1-16-7-8-20(11-17(16)2)27-24(28)15-30-21-6-4-5-18(12-21)14-26-19-9-10-23(29-3)22(25)13-19/h4-14H,15H2,1-3H3,(H,27,28). The number of hydrogen-bond donors (Lipinski definition) is 1. The van der Waals surface area contributed by atoms with E-state index in [4.69, 9.17) is 21.1 Å². The van der Waals surface area contributed by atoms with Crippen molar-refractivity contribution < 1.29 is 14.3 Å². The van der Waals surface area contributed by atoms with Gasteiger partial charge in [-0.05, 0) is 73.0 Å². The van der Waals surface area contributed by atoms with Gasteiger partial charge in [0.05, 0.1) is 17.8 Å². The Morgan fingerprint density at radius 1 is 1.07 bits per heavy atom. The number of ether oxygens (including phenoxy) is 2. The molecular formula is C24H23ClN2O3. The van der Waals surface area contributed by atoms with Gasteiger partial charge in [-0.2, -0.15) is 0 Å². The molecule has 0 unspecified atom stereocenters. The summed E-state index contributed by atoms with van der Waals surface area (Å²) in [5, 5.41) is 3.34. The van der Waals surface area contributed by atoms with Gasteiger partial charge in [-0.25, -0.2) is 0 Å². The summed E-state index contributed by atoms with van der Waals surface area (Å²) in [5.74, 6) is 0.970. The van der Waals surface area contributed by atoms with Crippen molar-refractivity contribution in [3.63, 3.8) is 0 Å². The summed E-state index contributed by atoms with van der Waals surface area (Å²) in [7, 11) is 1.57. The number of carbonyl (C=O) groups excluding carboxylic acids is 1. The van der Waals surface area contributed by atoms with E-state index in [1.807, 2.05) is 56.3 Å². The number of aryl methyl sites for hydroxylation is 2. The highest BCUT2D eigenvalue weighted by Gasteiger charge is 2.05. The quantitative estimate of drug-likeness (QED) is 0.494. The zero-order chi connectivity index (χ0) is 21.5. The number of amides is 1. The number of hydrogen-bond acceptors (Lipinski definition) is 4. The minimum absolute atomic E-state index is 0.0817. The first kappa shape index (κ1) is 21.4. The van der Waals surface area contributed by atoms with Gasteiger partial charge in [-0.15, -0.1) is 0 Å². The van der Waals surface area contributed by atoms with Crippen LogP contribution in [0.5, 0.6) is 11.5 Å². The van der Waals surface area contributed by atoms with Crippen molar-refractivity contribution in [2.24, 2.45) is 4.99 Å². The second-order valence-corrected chi connectivity index (χ2v) is 7.19. The van der Waals surface area contributed by atoms with Crippen molar-refractivity contribution in [1.82, 2.24) is 0 Å². The molecule has 3 aromatic carbocycles. The second-order valence-electron chi connectivity index (χ2n) is 6.79. The maximum Gasteiger partial charge on any atom is 0.262 e. The van der Waals surface area contributed by atoms with E-state index in [-0.39, 0.29) is 12.5 Å². The molecular weight excluding hydrogens is 400 g/mol. The van der Waals surface area contributed by atoms with Gasteiger partial charge < -0.3 is 14.8 Å². The first-order chi connectivity index (χ1) is 14.4. The molecule has 1 amide bonds. The normalized spacial score (nSPS) is 10.8. The molecule has 0 aromatic heterocycles. The average molecular weight is 423 g/mol. The third-order valence-corrected chi connectivity index (χ3v) is 4.81. The number of benzene rings is 3. The number of halogens is 1. The van der Waals surface area contributed by atoms with Crippen LogP contribution >= 0.6 is 11.6 Å². The minimum atomic E-state index is -0.217. The molecule has 0 heterocycles. The Balaban J connectivity index is 1.59. The molecule has 0 saturated heterocycles. The van der Waals surface area contributed by atoms with E-state index < -0.39 is 0 Å². The Bertz CT molecular complexity index is 1080. The molecule has 6 heteroatoms. The van der Waals surface area contributed by atoms with Crippen molar-refractivity contribution in [3.05, 3.63) is 82.4 Å². The SMILES string of the molecule is COc1ccc(N=Cc2cccc(OCC(=O)Nc3ccc(C)c(C)c3)c2)cc1Cl. The van der Waals surface area contributed by atoms with Gasteiger partial charge in [0.1, 0.15) is 11.5 Å². The van der Waals surface area contributed by atoms with Gasteiger partial charge in [0.25, 0.3) is 5.91 Å². The minimum Gasteiger partial charge on any atom is -0.495 e. The topological polar surface area (TPSA) is 59.9 Å². The maximum absolute atomic E-state index is 12.2. The van der Waals surface area contributed by atoms with Gasteiger partial charge in [-0.1, -0.05) is 29.8 Å². The number of carbonyl (C=O) groups is 1. The van der Waals surface area contributed by atoms with Crippen LogP contribution in [-0.2, 0) is 4.79 Å². The van der Waals surface area contributed by atoms with Crippen molar-refractivity contribution in [2.45, 2.75) is 13.8 Å². The maximum atomic E-state index is 12.2. The number of rotatable bonds is 7. The van der Waals surface area contributed by atoms with Crippen LogP contribution in [0, 0.1) is 13.8 Å². The van der Waals surface area contributed by atoms with Crippen LogP contribution in [0.3, 0.4) is 0 Å². The van der Waals surface area contributed by atoms with Gasteiger partial charge >= 0.3 is 0 Å². The molecule has 0 aliphatic rings. The molecule has 3 aromatic rings. The number of anilines is 1. The van der Waals surface area contributed by atoms with Crippen LogP contribution in [0.2, 0.25) is 5.02 Å². The van der Waals surface area contributed by atoms with Crippen LogP contribution in [0.25, 0.3) is 0 Å². The summed E-state index contributed by atoms with van der Waals surface area (Å²) in [6.45, 7) is 3.96. The van der Waals surface area contributed by atoms with E-state index in [1.165, 1.54) is 5.56 Å². The van der Waals surface area contributed by atoms with Crippen molar-refractivity contribution in [1.29, 1.82) is 0 Å². The summed E-state index contributed by atoms with van der Waals surface area (Å²) >= 11 is 6.12. The van der Waals surface area contributed by atoms with Crippen LogP contribution in [-0.4, -0.2) is 25.8 Å². The Morgan fingerprint density at radius 2 is 1.90 bits per heavy atom. The fraction of sp³-hybridized carbons (Fsp3) is 0.167. The molecule has 0 bridgehead atoms. The highest BCUT2D eigenvalue weighted by atomic mass is 35.5. The lowest BCUT2D eigenvalue weighted by Gasteiger charge is -2.09. The molecule has 3 rings (SSSR count). The highest BCUT2D eigenvalue weighted by Crippen LogP contribution is 2.28. The molecule has 30 heavy (non-hydrogen) atoms. The Kier molecular flexibility index (Phi) is 7.09. The lowest BCUT2D eigenvalue weighted by Crippen LogP contribution is -2.20.